The lowest BCUT2D eigenvalue weighted by Crippen LogP contribution is -2.55. The zero-order valence-corrected chi connectivity index (χ0v) is 10.6. The molecule has 2 atom stereocenters. The molecule has 2 saturated heterocycles. The van der Waals surface area contributed by atoms with Gasteiger partial charge in [-0.3, -0.25) is 4.79 Å². The number of ether oxygens (including phenoxy) is 1. The third-order valence-electron chi connectivity index (χ3n) is 3.89. The molecule has 2 heterocycles. The first-order valence-electron chi connectivity index (χ1n) is 6.64. The maximum Gasteiger partial charge on any atom is 0.166 e. The number of nitrogens with zero attached hydrogens (tertiary/aromatic N) is 1. The average Bonchev–Trinajstić information content (AvgIpc) is 2.46. The minimum atomic E-state index is 0.0501. The summed E-state index contributed by atoms with van der Waals surface area (Å²) in [4.78, 5) is 12.5. The molecule has 2 aliphatic heterocycles. The quantitative estimate of drug-likeness (QED) is 0.815. The number of benzene rings is 1. The Labute approximate surface area is 112 Å². The van der Waals surface area contributed by atoms with Crippen LogP contribution in [-0.2, 0) is 4.74 Å². The lowest BCUT2D eigenvalue weighted by atomic mass is 9.82. The van der Waals surface area contributed by atoms with E-state index in [0.29, 0.717) is 36.4 Å². The van der Waals surface area contributed by atoms with Crippen LogP contribution in [0.25, 0.3) is 0 Å². The molecule has 0 radical (unpaired) electrons. The number of nitrogens with one attached hydrogen (secondary N) is 1. The topological polar surface area (TPSA) is 62.1 Å². The van der Waals surface area contributed by atoms with Gasteiger partial charge in [-0.1, -0.05) is 12.1 Å². The predicted molar refractivity (Wildman–Crippen MR) is 69.7 cm³/mol. The molecule has 2 aliphatic rings. The van der Waals surface area contributed by atoms with Crippen molar-refractivity contribution in [2.24, 2.45) is 5.92 Å². The molecular formula is C15H16N2O2. The second kappa shape index (κ2) is 5.12. The molecule has 2 unspecified atom stereocenters. The van der Waals surface area contributed by atoms with E-state index in [1.807, 2.05) is 0 Å². The minimum absolute atomic E-state index is 0.0501. The van der Waals surface area contributed by atoms with Gasteiger partial charge in [-0.15, -0.1) is 0 Å². The summed E-state index contributed by atoms with van der Waals surface area (Å²) in [5.74, 6) is 0.213. The third kappa shape index (κ3) is 2.53. The summed E-state index contributed by atoms with van der Waals surface area (Å²) in [5, 5.41) is 12.4. The maximum absolute atomic E-state index is 12.5. The van der Waals surface area contributed by atoms with Crippen LogP contribution >= 0.6 is 0 Å². The van der Waals surface area contributed by atoms with E-state index in [2.05, 4.69) is 11.4 Å². The smallest absolute Gasteiger partial charge is 0.166 e. The first-order valence-corrected chi connectivity index (χ1v) is 6.64. The van der Waals surface area contributed by atoms with Crippen LogP contribution in [0.3, 0.4) is 0 Å². The summed E-state index contributed by atoms with van der Waals surface area (Å²) in [6.07, 6.45) is 1.65. The molecule has 19 heavy (non-hydrogen) atoms. The Balaban J connectivity index is 1.78. The van der Waals surface area contributed by atoms with Crippen LogP contribution in [0.4, 0.5) is 0 Å². The van der Waals surface area contributed by atoms with Gasteiger partial charge in [0.05, 0.1) is 24.8 Å². The second-order valence-electron chi connectivity index (χ2n) is 5.32. The van der Waals surface area contributed by atoms with E-state index >= 15 is 0 Å². The Kier molecular flexibility index (Phi) is 3.33. The van der Waals surface area contributed by atoms with Crippen molar-refractivity contribution in [3.8, 4) is 6.07 Å². The first kappa shape index (κ1) is 12.3. The van der Waals surface area contributed by atoms with Crippen LogP contribution in [0, 0.1) is 17.2 Å². The predicted octanol–water partition coefficient (Wildman–Crippen LogP) is 1.51. The molecule has 0 amide bonds. The van der Waals surface area contributed by atoms with Crippen LogP contribution in [0.1, 0.15) is 28.8 Å². The lowest BCUT2D eigenvalue weighted by molar-refractivity contribution is 0.00953. The van der Waals surface area contributed by atoms with Crippen LogP contribution < -0.4 is 5.32 Å². The maximum atomic E-state index is 12.5. The molecule has 0 saturated carbocycles. The third-order valence-corrected chi connectivity index (χ3v) is 3.89. The number of carbonyl (C=O) groups excluding carboxylic acids is 1. The van der Waals surface area contributed by atoms with E-state index in [1.165, 1.54) is 0 Å². The molecule has 2 fully saturated rings. The Morgan fingerprint density at radius 2 is 2.05 bits per heavy atom. The molecule has 2 bridgehead atoms. The highest BCUT2D eigenvalue weighted by molar-refractivity contribution is 5.98. The average molecular weight is 256 g/mol. The second-order valence-corrected chi connectivity index (χ2v) is 5.32. The number of nitriles is 1. The van der Waals surface area contributed by atoms with Crippen molar-refractivity contribution in [1.82, 2.24) is 5.32 Å². The number of carbonyl (C=O) groups is 1. The van der Waals surface area contributed by atoms with E-state index in [9.17, 15) is 4.79 Å². The fourth-order valence-electron chi connectivity index (χ4n) is 3.03. The van der Waals surface area contributed by atoms with Gasteiger partial charge in [0, 0.05) is 23.6 Å². The summed E-state index contributed by atoms with van der Waals surface area (Å²) >= 11 is 0. The molecule has 0 aliphatic carbocycles. The number of rotatable bonds is 2. The summed E-state index contributed by atoms with van der Waals surface area (Å²) in [6.45, 7) is 1.39. The number of fused-ring (bicyclic) bond motifs is 2. The number of ketones is 1. The Morgan fingerprint density at radius 1 is 1.32 bits per heavy atom. The molecular weight excluding hydrogens is 240 g/mol. The fourth-order valence-corrected chi connectivity index (χ4v) is 3.03. The molecule has 0 spiro atoms. The number of hydrogen-bond acceptors (Lipinski definition) is 4. The minimum Gasteiger partial charge on any atom is -0.378 e. The van der Waals surface area contributed by atoms with Crippen LogP contribution in [-0.4, -0.2) is 31.1 Å². The molecule has 1 N–H and O–H groups in total. The van der Waals surface area contributed by atoms with Crippen molar-refractivity contribution in [2.75, 3.05) is 13.2 Å². The van der Waals surface area contributed by atoms with Gasteiger partial charge >= 0.3 is 0 Å². The van der Waals surface area contributed by atoms with Gasteiger partial charge in [0.15, 0.2) is 5.78 Å². The standard InChI is InChI=1S/C15H16N2O2/c16-7-10-2-1-3-11(4-10)15(18)12-5-13-8-19-9-14(6-12)17-13/h1-4,12-14,17H,5-6,8-9H2. The SMILES string of the molecule is N#Cc1cccc(C(=O)C2CC3COCC(C2)N3)c1. The van der Waals surface area contributed by atoms with Crippen molar-refractivity contribution in [3.63, 3.8) is 0 Å². The van der Waals surface area contributed by atoms with Crippen molar-refractivity contribution in [2.45, 2.75) is 24.9 Å². The number of piperidine rings is 1. The van der Waals surface area contributed by atoms with Gasteiger partial charge < -0.3 is 10.1 Å². The highest BCUT2D eigenvalue weighted by Crippen LogP contribution is 2.27. The molecule has 1 aromatic carbocycles. The number of hydrogen-bond donors (Lipinski definition) is 1. The van der Waals surface area contributed by atoms with Crippen LogP contribution in [0.5, 0.6) is 0 Å². The van der Waals surface area contributed by atoms with Crippen LogP contribution in [0.15, 0.2) is 24.3 Å². The Bertz CT molecular complexity index is 523. The van der Waals surface area contributed by atoms with E-state index in [1.54, 1.807) is 24.3 Å². The molecule has 0 aromatic heterocycles. The highest BCUT2D eigenvalue weighted by atomic mass is 16.5. The van der Waals surface area contributed by atoms with Crippen molar-refractivity contribution in [3.05, 3.63) is 35.4 Å². The molecule has 1 aromatic rings. The molecule has 98 valence electrons. The van der Waals surface area contributed by atoms with Gasteiger partial charge in [0.25, 0.3) is 0 Å². The van der Waals surface area contributed by atoms with Gasteiger partial charge in [-0.05, 0) is 25.0 Å². The number of morpholine rings is 1. The van der Waals surface area contributed by atoms with Gasteiger partial charge in [-0.25, -0.2) is 0 Å². The van der Waals surface area contributed by atoms with E-state index < -0.39 is 0 Å². The molecule has 4 heteroatoms. The summed E-state index contributed by atoms with van der Waals surface area (Å²) in [6, 6.07) is 9.66. The zero-order valence-electron chi connectivity index (χ0n) is 10.6. The Morgan fingerprint density at radius 3 is 2.74 bits per heavy atom. The highest BCUT2D eigenvalue weighted by Gasteiger charge is 2.35. The van der Waals surface area contributed by atoms with E-state index in [-0.39, 0.29) is 11.7 Å². The fraction of sp³-hybridized carbons (Fsp3) is 0.467. The van der Waals surface area contributed by atoms with Gasteiger partial charge in [0.1, 0.15) is 0 Å². The van der Waals surface area contributed by atoms with E-state index in [0.717, 1.165) is 12.8 Å². The Hall–Kier alpha value is -1.70. The lowest BCUT2D eigenvalue weighted by Gasteiger charge is -2.39. The van der Waals surface area contributed by atoms with Crippen molar-refractivity contribution < 1.29 is 9.53 Å². The monoisotopic (exact) mass is 256 g/mol. The normalized spacial score (nSPS) is 29.5. The summed E-state index contributed by atoms with van der Waals surface area (Å²) in [7, 11) is 0. The largest absolute Gasteiger partial charge is 0.378 e. The van der Waals surface area contributed by atoms with Crippen LogP contribution in [0.2, 0.25) is 0 Å². The van der Waals surface area contributed by atoms with Gasteiger partial charge in [-0.2, -0.15) is 5.26 Å². The van der Waals surface area contributed by atoms with Gasteiger partial charge in [0.2, 0.25) is 0 Å². The molecule has 3 rings (SSSR count). The summed E-state index contributed by atoms with van der Waals surface area (Å²) in [5.41, 5.74) is 1.20. The zero-order chi connectivity index (χ0) is 13.2. The summed E-state index contributed by atoms with van der Waals surface area (Å²) < 4.78 is 5.49. The number of Topliss-reactive ketones (excluding diaryl/α,β-unsaturated/α-hetero) is 1. The molecule has 4 nitrogen and oxygen atoms in total. The van der Waals surface area contributed by atoms with Crippen molar-refractivity contribution >= 4 is 5.78 Å². The first-order chi connectivity index (χ1) is 9.26. The van der Waals surface area contributed by atoms with E-state index in [4.69, 9.17) is 10.00 Å². The van der Waals surface area contributed by atoms with Crippen molar-refractivity contribution in [1.29, 1.82) is 5.26 Å².